The number of halogens is 2. The fourth-order valence-electron chi connectivity index (χ4n) is 3.89. The molecule has 2 N–H and O–H groups in total. The van der Waals surface area contributed by atoms with Crippen molar-refractivity contribution >= 4 is 23.2 Å². The molecule has 2 amide bonds. The first kappa shape index (κ1) is 24.3. The van der Waals surface area contributed by atoms with E-state index >= 15 is 0 Å². The van der Waals surface area contributed by atoms with Gasteiger partial charge in [0.15, 0.2) is 5.71 Å². The molecule has 2 aliphatic heterocycles. The highest BCUT2D eigenvalue weighted by Gasteiger charge is 2.23. The Kier molecular flexibility index (Phi) is 7.70. The van der Waals surface area contributed by atoms with E-state index in [0.717, 1.165) is 49.6 Å². The van der Waals surface area contributed by atoms with Crippen LogP contribution in [0.15, 0.2) is 65.0 Å². The Bertz CT molecular complexity index is 1170. The summed E-state index contributed by atoms with van der Waals surface area (Å²) in [6.45, 7) is 4.56. The summed E-state index contributed by atoms with van der Waals surface area (Å²) in [6, 6.07) is 11.1. The molecular formula is C26H27F2N5O2. The Hall–Kier alpha value is -3.81. The molecule has 2 aromatic carbocycles. The molecule has 0 aromatic heterocycles. The maximum atomic E-state index is 14.0. The van der Waals surface area contributed by atoms with E-state index in [-0.39, 0.29) is 18.0 Å². The van der Waals surface area contributed by atoms with Gasteiger partial charge in [-0.05, 0) is 49.4 Å². The summed E-state index contributed by atoms with van der Waals surface area (Å²) in [6.07, 6.45) is 2.13. The lowest BCUT2D eigenvalue weighted by atomic mass is 10.1. The lowest BCUT2D eigenvalue weighted by Gasteiger charge is -2.34. The summed E-state index contributed by atoms with van der Waals surface area (Å²) >= 11 is 0. The van der Waals surface area contributed by atoms with Crippen LogP contribution in [-0.4, -0.2) is 62.2 Å². The minimum atomic E-state index is -1.02. The van der Waals surface area contributed by atoms with E-state index in [0.29, 0.717) is 13.0 Å². The molecule has 2 heterocycles. The van der Waals surface area contributed by atoms with Gasteiger partial charge in [-0.25, -0.2) is 8.78 Å². The molecule has 0 aliphatic carbocycles. The predicted molar refractivity (Wildman–Crippen MR) is 130 cm³/mol. The van der Waals surface area contributed by atoms with E-state index < -0.39 is 29.0 Å². The number of anilines is 1. The van der Waals surface area contributed by atoms with Gasteiger partial charge in [-0.3, -0.25) is 14.6 Å². The van der Waals surface area contributed by atoms with Crippen molar-refractivity contribution in [3.63, 3.8) is 0 Å². The van der Waals surface area contributed by atoms with Crippen LogP contribution < -0.4 is 15.5 Å². The van der Waals surface area contributed by atoms with Gasteiger partial charge in [0.1, 0.15) is 22.9 Å². The SMILES string of the molecule is CN1CCN(c2ccc(CNC(=O)C3=NCCC=C=C3NC(=O)c3c(F)cccc3F)cc2)CC1. The van der Waals surface area contributed by atoms with Crippen LogP contribution in [0.3, 0.4) is 0 Å². The highest BCUT2D eigenvalue weighted by atomic mass is 19.1. The third-order valence-corrected chi connectivity index (χ3v) is 5.93. The van der Waals surface area contributed by atoms with Gasteiger partial charge in [-0.2, -0.15) is 0 Å². The molecule has 0 spiro atoms. The molecular weight excluding hydrogens is 452 g/mol. The van der Waals surface area contributed by atoms with Gasteiger partial charge >= 0.3 is 0 Å². The van der Waals surface area contributed by atoms with Crippen LogP contribution in [0.1, 0.15) is 22.3 Å². The maximum absolute atomic E-state index is 14.0. The van der Waals surface area contributed by atoms with Gasteiger partial charge in [-0.1, -0.05) is 23.9 Å². The normalized spacial score (nSPS) is 16.3. The van der Waals surface area contributed by atoms with Crippen molar-refractivity contribution in [1.29, 1.82) is 0 Å². The summed E-state index contributed by atoms with van der Waals surface area (Å²) in [5.41, 5.74) is 4.05. The summed E-state index contributed by atoms with van der Waals surface area (Å²) < 4.78 is 28.0. The van der Waals surface area contributed by atoms with Crippen LogP contribution in [0.5, 0.6) is 0 Å². The Morgan fingerprint density at radius 1 is 1.00 bits per heavy atom. The number of likely N-dealkylation sites (N-methyl/N-ethyl adjacent to an activating group) is 1. The third-order valence-electron chi connectivity index (χ3n) is 5.93. The number of benzene rings is 2. The summed E-state index contributed by atoms with van der Waals surface area (Å²) in [5.74, 6) is -3.52. The van der Waals surface area contributed by atoms with Gasteiger partial charge in [0.05, 0.1) is 0 Å². The molecule has 0 unspecified atom stereocenters. The van der Waals surface area contributed by atoms with Gasteiger partial charge in [-0.15, -0.1) is 0 Å². The van der Waals surface area contributed by atoms with Gasteiger partial charge in [0.2, 0.25) is 0 Å². The van der Waals surface area contributed by atoms with E-state index in [1.165, 1.54) is 6.07 Å². The summed E-state index contributed by atoms with van der Waals surface area (Å²) in [4.78, 5) is 34.3. The molecule has 4 rings (SSSR count). The lowest BCUT2D eigenvalue weighted by Crippen LogP contribution is -2.44. The second-order valence-corrected chi connectivity index (χ2v) is 8.43. The molecule has 2 aromatic rings. The number of rotatable bonds is 6. The average Bonchev–Trinajstić information content (AvgIpc) is 3.09. The molecule has 1 saturated heterocycles. The van der Waals surface area contributed by atoms with E-state index in [9.17, 15) is 18.4 Å². The Balaban J connectivity index is 1.40. The second-order valence-electron chi connectivity index (χ2n) is 8.43. The molecule has 7 nitrogen and oxygen atoms in total. The number of piperazine rings is 1. The second kappa shape index (κ2) is 11.1. The van der Waals surface area contributed by atoms with Crippen molar-refractivity contribution in [3.05, 3.63) is 82.7 Å². The van der Waals surface area contributed by atoms with Crippen molar-refractivity contribution < 1.29 is 18.4 Å². The minimum Gasteiger partial charge on any atom is -0.369 e. The van der Waals surface area contributed by atoms with Crippen molar-refractivity contribution in [2.24, 2.45) is 4.99 Å². The summed E-state index contributed by atoms with van der Waals surface area (Å²) in [5, 5.41) is 5.19. The van der Waals surface area contributed by atoms with E-state index in [1.54, 1.807) is 6.08 Å². The Labute approximate surface area is 202 Å². The molecule has 35 heavy (non-hydrogen) atoms. The number of aliphatic imine (C=N–C) groups is 1. The topological polar surface area (TPSA) is 77.0 Å². The molecule has 9 heteroatoms. The quantitative estimate of drug-likeness (QED) is 0.625. The molecule has 182 valence electrons. The van der Waals surface area contributed by atoms with Crippen LogP contribution >= 0.6 is 0 Å². The van der Waals surface area contributed by atoms with Gasteiger partial charge < -0.3 is 20.4 Å². The number of amides is 2. The van der Waals surface area contributed by atoms with Crippen molar-refractivity contribution in [3.8, 4) is 0 Å². The number of hydrogen-bond acceptors (Lipinski definition) is 5. The van der Waals surface area contributed by atoms with Crippen molar-refractivity contribution in [2.75, 3.05) is 44.7 Å². The zero-order valence-electron chi connectivity index (χ0n) is 19.5. The van der Waals surface area contributed by atoms with Crippen molar-refractivity contribution in [2.45, 2.75) is 13.0 Å². The molecule has 2 aliphatic rings. The fourth-order valence-corrected chi connectivity index (χ4v) is 3.89. The number of nitrogens with zero attached hydrogens (tertiary/aromatic N) is 3. The van der Waals surface area contributed by atoms with E-state index in [1.807, 2.05) is 24.3 Å². The standard InChI is InChI=1S/C26H27F2N5O2/c1-32-13-15-33(16-14-32)19-10-8-18(9-11-19)17-30-26(35)24-22(7-2-3-12-29-24)31-25(34)23-20(27)5-4-6-21(23)28/h2,4-6,8-11H,3,12-17H2,1H3,(H,30,35)(H,31,34). The highest BCUT2D eigenvalue weighted by Crippen LogP contribution is 2.17. The zero-order valence-corrected chi connectivity index (χ0v) is 19.5. The number of carbonyl (C=O) groups excluding carboxylic acids is 2. The fraction of sp³-hybridized carbons (Fsp3) is 0.308. The number of hydrogen-bond donors (Lipinski definition) is 2. The first-order chi connectivity index (χ1) is 16.9. The van der Waals surface area contributed by atoms with Gasteiger partial charge in [0, 0.05) is 45.0 Å². The van der Waals surface area contributed by atoms with Crippen LogP contribution in [0.4, 0.5) is 14.5 Å². The third kappa shape index (κ3) is 6.01. The maximum Gasteiger partial charge on any atom is 0.272 e. The zero-order chi connectivity index (χ0) is 24.8. The minimum absolute atomic E-state index is 0.0296. The number of nitrogens with one attached hydrogen (secondary N) is 2. The molecule has 1 fully saturated rings. The van der Waals surface area contributed by atoms with Crippen LogP contribution in [0, 0.1) is 11.6 Å². The molecule has 0 bridgehead atoms. The van der Waals surface area contributed by atoms with Crippen LogP contribution in [-0.2, 0) is 11.3 Å². The first-order valence-corrected chi connectivity index (χ1v) is 11.5. The van der Waals surface area contributed by atoms with Crippen molar-refractivity contribution in [1.82, 2.24) is 15.5 Å². The van der Waals surface area contributed by atoms with Gasteiger partial charge in [0.25, 0.3) is 11.8 Å². The Morgan fingerprint density at radius 3 is 2.37 bits per heavy atom. The molecule has 0 radical (unpaired) electrons. The monoisotopic (exact) mass is 479 g/mol. The predicted octanol–water partition coefficient (Wildman–Crippen LogP) is 2.65. The average molecular weight is 480 g/mol. The van der Waals surface area contributed by atoms with E-state index in [2.05, 4.69) is 38.2 Å². The first-order valence-electron chi connectivity index (χ1n) is 11.5. The number of carbonyl (C=O) groups is 2. The van der Waals surface area contributed by atoms with Crippen LogP contribution in [0.2, 0.25) is 0 Å². The largest absolute Gasteiger partial charge is 0.369 e. The molecule has 0 saturated carbocycles. The highest BCUT2D eigenvalue weighted by molar-refractivity contribution is 6.45. The van der Waals surface area contributed by atoms with E-state index in [4.69, 9.17) is 0 Å². The molecule has 0 atom stereocenters. The Morgan fingerprint density at radius 2 is 1.69 bits per heavy atom. The van der Waals surface area contributed by atoms with Crippen LogP contribution in [0.25, 0.3) is 0 Å². The lowest BCUT2D eigenvalue weighted by molar-refractivity contribution is -0.114. The summed E-state index contributed by atoms with van der Waals surface area (Å²) in [7, 11) is 2.11. The smallest absolute Gasteiger partial charge is 0.272 e.